The second-order valence-electron chi connectivity index (χ2n) is 6.73. The van der Waals surface area contributed by atoms with Crippen molar-refractivity contribution in [1.82, 2.24) is 4.90 Å². The molecule has 122 valence electrons. The van der Waals surface area contributed by atoms with Gasteiger partial charge in [-0.15, -0.1) is 0 Å². The summed E-state index contributed by atoms with van der Waals surface area (Å²) < 4.78 is 0. The minimum atomic E-state index is 0.545. The SMILES string of the molecule is CN(C)c1ccccc1CN1C[C@@H](CN)[C@H](c2ccccc2)C1. The van der Waals surface area contributed by atoms with Crippen LogP contribution in [-0.2, 0) is 6.54 Å². The van der Waals surface area contributed by atoms with E-state index in [4.69, 9.17) is 5.73 Å². The number of hydrogen-bond acceptors (Lipinski definition) is 3. The number of nitrogens with zero attached hydrogens (tertiary/aromatic N) is 2. The van der Waals surface area contributed by atoms with E-state index >= 15 is 0 Å². The highest BCUT2D eigenvalue weighted by Crippen LogP contribution is 2.33. The molecule has 3 rings (SSSR count). The lowest BCUT2D eigenvalue weighted by molar-refractivity contribution is 0.317. The fourth-order valence-electron chi connectivity index (χ4n) is 3.73. The fourth-order valence-corrected chi connectivity index (χ4v) is 3.73. The summed E-state index contributed by atoms with van der Waals surface area (Å²) in [5.74, 6) is 1.09. The van der Waals surface area contributed by atoms with Crippen molar-refractivity contribution in [3.8, 4) is 0 Å². The highest BCUT2D eigenvalue weighted by atomic mass is 15.2. The third kappa shape index (κ3) is 3.57. The van der Waals surface area contributed by atoms with E-state index < -0.39 is 0 Å². The average molecular weight is 309 g/mol. The molecule has 23 heavy (non-hydrogen) atoms. The first-order chi connectivity index (χ1) is 11.2. The van der Waals surface area contributed by atoms with Crippen LogP contribution >= 0.6 is 0 Å². The molecule has 2 aromatic carbocycles. The lowest BCUT2D eigenvalue weighted by Gasteiger charge is -2.22. The Bertz CT molecular complexity index is 624. The maximum Gasteiger partial charge on any atom is 0.0406 e. The average Bonchev–Trinajstić information content (AvgIpc) is 2.99. The first-order valence-corrected chi connectivity index (χ1v) is 8.41. The molecule has 0 unspecified atom stereocenters. The lowest BCUT2D eigenvalue weighted by atomic mass is 9.89. The van der Waals surface area contributed by atoms with Gasteiger partial charge in [-0.25, -0.2) is 0 Å². The first-order valence-electron chi connectivity index (χ1n) is 8.41. The van der Waals surface area contributed by atoms with Crippen molar-refractivity contribution in [3.05, 3.63) is 65.7 Å². The monoisotopic (exact) mass is 309 g/mol. The molecule has 1 heterocycles. The molecule has 1 aliphatic rings. The summed E-state index contributed by atoms with van der Waals surface area (Å²) >= 11 is 0. The van der Waals surface area contributed by atoms with E-state index in [0.29, 0.717) is 11.8 Å². The van der Waals surface area contributed by atoms with Crippen LogP contribution in [0, 0.1) is 5.92 Å². The lowest BCUT2D eigenvalue weighted by Crippen LogP contribution is -2.24. The molecule has 0 aromatic heterocycles. The molecule has 0 saturated carbocycles. The summed E-state index contributed by atoms with van der Waals surface area (Å²) in [6.45, 7) is 3.92. The maximum absolute atomic E-state index is 6.06. The van der Waals surface area contributed by atoms with E-state index in [-0.39, 0.29) is 0 Å². The zero-order valence-corrected chi connectivity index (χ0v) is 14.2. The predicted octanol–water partition coefficient (Wildman–Crippen LogP) is 2.93. The van der Waals surface area contributed by atoms with Gasteiger partial charge >= 0.3 is 0 Å². The highest BCUT2D eigenvalue weighted by molar-refractivity contribution is 5.52. The van der Waals surface area contributed by atoms with Crippen molar-refractivity contribution in [2.75, 3.05) is 38.6 Å². The predicted molar refractivity (Wildman–Crippen MR) is 97.8 cm³/mol. The molecular formula is C20H27N3. The van der Waals surface area contributed by atoms with Crippen LogP contribution in [0.2, 0.25) is 0 Å². The molecule has 0 radical (unpaired) electrons. The summed E-state index contributed by atoms with van der Waals surface area (Å²) in [6, 6.07) is 19.5. The van der Waals surface area contributed by atoms with Gasteiger partial charge in [0.05, 0.1) is 0 Å². The number of anilines is 1. The van der Waals surface area contributed by atoms with Crippen LogP contribution in [0.4, 0.5) is 5.69 Å². The van der Waals surface area contributed by atoms with Gasteiger partial charge in [0.1, 0.15) is 0 Å². The second kappa shape index (κ2) is 7.16. The third-order valence-corrected chi connectivity index (χ3v) is 4.91. The van der Waals surface area contributed by atoms with Gasteiger partial charge in [0.25, 0.3) is 0 Å². The van der Waals surface area contributed by atoms with Gasteiger partial charge in [-0.2, -0.15) is 0 Å². The largest absolute Gasteiger partial charge is 0.377 e. The van der Waals surface area contributed by atoms with Crippen molar-refractivity contribution in [3.63, 3.8) is 0 Å². The molecule has 2 aromatic rings. The topological polar surface area (TPSA) is 32.5 Å². The van der Waals surface area contributed by atoms with Crippen LogP contribution in [-0.4, -0.2) is 38.6 Å². The molecule has 1 fully saturated rings. The van der Waals surface area contributed by atoms with E-state index in [1.807, 2.05) is 0 Å². The minimum absolute atomic E-state index is 0.545. The fraction of sp³-hybridized carbons (Fsp3) is 0.400. The second-order valence-corrected chi connectivity index (χ2v) is 6.73. The van der Waals surface area contributed by atoms with Gasteiger partial charge in [0.15, 0.2) is 0 Å². The van der Waals surface area contributed by atoms with Crippen LogP contribution < -0.4 is 10.6 Å². The Morgan fingerprint density at radius 1 is 1.00 bits per heavy atom. The highest BCUT2D eigenvalue weighted by Gasteiger charge is 2.32. The number of likely N-dealkylation sites (tertiary alicyclic amines) is 1. The standard InChI is InChI=1S/C20H27N3/c1-22(2)20-11-7-6-10-17(20)13-23-14-18(12-21)19(15-23)16-8-4-3-5-9-16/h3-11,18-19H,12-15,21H2,1-2H3/t18-,19+/m1/s1. The summed E-state index contributed by atoms with van der Waals surface area (Å²) in [4.78, 5) is 4.75. The molecule has 0 spiro atoms. The Morgan fingerprint density at radius 3 is 2.39 bits per heavy atom. The zero-order valence-electron chi connectivity index (χ0n) is 14.2. The summed E-state index contributed by atoms with van der Waals surface area (Å²) in [7, 11) is 4.22. The van der Waals surface area contributed by atoms with Gasteiger partial charge in [-0.1, -0.05) is 48.5 Å². The van der Waals surface area contributed by atoms with E-state index in [9.17, 15) is 0 Å². The summed E-state index contributed by atoms with van der Waals surface area (Å²) in [5.41, 5.74) is 10.2. The normalized spacial score (nSPS) is 21.5. The van der Waals surface area contributed by atoms with Crippen LogP contribution in [0.3, 0.4) is 0 Å². The van der Waals surface area contributed by atoms with Crippen LogP contribution in [0.15, 0.2) is 54.6 Å². The summed E-state index contributed by atoms with van der Waals surface area (Å²) in [5, 5.41) is 0. The van der Waals surface area contributed by atoms with Crippen LogP contribution in [0.5, 0.6) is 0 Å². The molecule has 1 saturated heterocycles. The quantitative estimate of drug-likeness (QED) is 0.922. The first kappa shape index (κ1) is 16.0. The van der Waals surface area contributed by atoms with E-state index in [2.05, 4.69) is 78.5 Å². The van der Waals surface area contributed by atoms with Crippen LogP contribution in [0.1, 0.15) is 17.0 Å². The number of para-hydroxylation sites is 1. The van der Waals surface area contributed by atoms with Crippen molar-refractivity contribution in [1.29, 1.82) is 0 Å². The molecular weight excluding hydrogens is 282 g/mol. The third-order valence-electron chi connectivity index (χ3n) is 4.91. The van der Waals surface area contributed by atoms with Crippen molar-refractivity contribution < 1.29 is 0 Å². The molecule has 2 N–H and O–H groups in total. The Labute approximate surface area is 139 Å². The molecule has 3 nitrogen and oxygen atoms in total. The minimum Gasteiger partial charge on any atom is -0.377 e. The van der Waals surface area contributed by atoms with Gasteiger partial charge in [0.2, 0.25) is 0 Å². The molecule has 0 bridgehead atoms. The van der Waals surface area contributed by atoms with Crippen molar-refractivity contribution in [2.24, 2.45) is 11.7 Å². The van der Waals surface area contributed by atoms with Gasteiger partial charge in [-0.3, -0.25) is 4.90 Å². The smallest absolute Gasteiger partial charge is 0.0406 e. The zero-order chi connectivity index (χ0) is 16.2. The van der Waals surface area contributed by atoms with E-state index in [0.717, 1.165) is 26.2 Å². The summed E-state index contributed by atoms with van der Waals surface area (Å²) in [6.07, 6.45) is 0. The molecule has 3 heteroatoms. The van der Waals surface area contributed by atoms with Gasteiger partial charge < -0.3 is 10.6 Å². The number of hydrogen-bond donors (Lipinski definition) is 1. The Kier molecular flexibility index (Phi) is 4.99. The van der Waals surface area contributed by atoms with Gasteiger partial charge in [-0.05, 0) is 29.7 Å². The molecule has 1 aliphatic heterocycles. The van der Waals surface area contributed by atoms with E-state index in [1.165, 1.54) is 16.8 Å². The number of benzene rings is 2. The van der Waals surface area contributed by atoms with Crippen molar-refractivity contribution in [2.45, 2.75) is 12.5 Å². The Morgan fingerprint density at radius 2 is 1.70 bits per heavy atom. The molecule has 0 aliphatic carbocycles. The van der Waals surface area contributed by atoms with Gasteiger partial charge in [0, 0.05) is 45.3 Å². The van der Waals surface area contributed by atoms with Crippen LogP contribution in [0.25, 0.3) is 0 Å². The Balaban J connectivity index is 1.76. The maximum atomic E-state index is 6.06. The van der Waals surface area contributed by atoms with E-state index in [1.54, 1.807) is 0 Å². The van der Waals surface area contributed by atoms with Crippen molar-refractivity contribution >= 4 is 5.69 Å². The Hall–Kier alpha value is -1.84. The molecule has 2 atom stereocenters. The number of nitrogens with two attached hydrogens (primary N) is 1. The number of rotatable bonds is 5. The molecule has 0 amide bonds.